The highest BCUT2D eigenvalue weighted by atomic mass is 19.1. The number of rotatable bonds is 4. The number of hydrogen-bond acceptors (Lipinski definition) is 2. The summed E-state index contributed by atoms with van der Waals surface area (Å²) in [5.74, 6) is -0.203. The number of nitrogens with zero attached hydrogens (tertiary/aromatic N) is 1. The minimum atomic E-state index is -0.203. The third-order valence-corrected chi connectivity index (χ3v) is 2.06. The van der Waals surface area contributed by atoms with E-state index in [1.54, 1.807) is 6.07 Å². The molecule has 0 aliphatic heterocycles. The highest BCUT2D eigenvalue weighted by Crippen LogP contribution is 2.15. The molecule has 2 N–H and O–H groups in total. The van der Waals surface area contributed by atoms with Crippen LogP contribution in [0.3, 0.4) is 0 Å². The van der Waals surface area contributed by atoms with Crippen molar-refractivity contribution < 1.29 is 4.39 Å². The second-order valence-electron chi connectivity index (χ2n) is 3.50. The van der Waals surface area contributed by atoms with Gasteiger partial charge < -0.3 is 10.6 Å². The lowest BCUT2D eigenvalue weighted by Gasteiger charge is -2.24. The zero-order valence-corrected chi connectivity index (χ0v) is 8.70. The predicted octanol–water partition coefficient (Wildman–Crippen LogP) is 2.00. The lowest BCUT2D eigenvalue weighted by molar-refractivity contribution is 0.624. The second kappa shape index (κ2) is 4.96. The van der Waals surface area contributed by atoms with Gasteiger partial charge in [-0.15, -0.1) is 0 Å². The molecule has 1 atom stereocenters. The number of benzene rings is 1. The van der Waals surface area contributed by atoms with E-state index < -0.39 is 0 Å². The first-order valence-corrected chi connectivity index (χ1v) is 4.89. The van der Waals surface area contributed by atoms with Crippen molar-refractivity contribution in [1.29, 1.82) is 0 Å². The Kier molecular flexibility index (Phi) is 3.89. The third kappa shape index (κ3) is 3.00. The van der Waals surface area contributed by atoms with Crippen molar-refractivity contribution >= 4 is 5.69 Å². The Hall–Kier alpha value is -1.09. The van der Waals surface area contributed by atoms with Crippen molar-refractivity contribution in [2.45, 2.75) is 19.9 Å². The minimum Gasteiger partial charge on any atom is -0.370 e. The van der Waals surface area contributed by atoms with Crippen molar-refractivity contribution in [1.82, 2.24) is 0 Å². The van der Waals surface area contributed by atoms with Crippen molar-refractivity contribution in [2.24, 2.45) is 5.73 Å². The van der Waals surface area contributed by atoms with Gasteiger partial charge in [-0.1, -0.05) is 6.07 Å². The fourth-order valence-electron chi connectivity index (χ4n) is 1.44. The summed E-state index contributed by atoms with van der Waals surface area (Å²) in [6.07, 6.45) is 0. The average Bonchev–Trinajstić information content (AvgIpc) is 2.14. The maximum atomic E-state index is 12.9. The van der Waals surface area contributed by atoms with E-state index in [2.05, 4.69) is 4.90 Å². The van der Waals surface area contributed by atoms with E-state index in [4.69, 9.17) is 5.73 Å². The molecule has 2 nitrogen and oxygen atoms in total. The Labute approximate surface area is 84.5 Å². The summed E-state index contributed by atoms with van der Waals surface area (Å²) in [6, 6.07) is 6.69. The summed E-state index contributed by atoms with van der Waals surface area (Å²) in [4.78, 5) is 2.06. The van der Waals surface area contributed by atoms with E-state index in [9.17, 15) is 4.39 Å². The van der Waals surface area contributed by atoms with Gasteiger partial charge in [-0.05, 0) is 32.0 Å². The van der Waals surface area contributed by atoms with Gasteiger partial charge in [-0.2, -0.15) is 0 Å². The summed E-state index contributed by atoms with van der Waals surface area (Å²) in [5.41, 5.74) is 6.60. The van der Waals surface area contributed by atoms with E-state index in [0.717, 1.165) is 18.8 Å². The van der Waals surface area contributed by atoms with Gasteiger partial charge >= 0.3 is 0 Å². The monoisotopic (exact) mass is 196 g/mol. The molecule has 0 aromatic heterocycles. The molecule has 0 bridgehead atoms. The van der Waals surface area contributed by atoms with Crippen molar-refractivity contribution in [3.63, 3.8) is 0 Å². The largest absolute Gasteiger partial charge is 0.370 e. The smallest absolute Gasteiger partial charge is 0.125 e. The SMILES string of the molecule is CCN(CC(C)N)c1cccc(F)c1. The van der Waals surface area contributed by atoms with E-state index in [0.29, 0.717) is 0 Å². The lowest BCUT2D eigenvalue weighted by Crippen LogP contribution is -2.35. The maximum absolute atomic E-state index is 12.9. The fourth-order valence-corrected chi connectivity index (χ4v) is 1.44. The molecule has 0 saturated heterocycles. The van der Waals surface area contributed by atoms with Gasteiger partial charge in [-0.3, -0.25) is 0 Å². The molecule has 14 heavy (non-hydrogen) atoms. The van der Waals surface area contributed by atoms with Crippen LogP contribution in [0, 0.1) is 5.82 Å². The first-order chi connectivity index (χ1) is 6.63. The summed E-state index contributed by atoms with van der Waals surface area (Å²) < 4.78 is 12.9. The minimum absolute atomic E-state index is 0.0956. The molecule has 0 saturated carbocycles. The van der Waals surface area contributed by atoms with Gasteiger partial charge in [0.2, 0.25) is 0 Å². The molecule has 0 radical (unpaired) electrons. The molecule has 1 aromatic rings. The summed E-state index contributed by atoms with van der Waals surface area (Å²) >= 11 is 0. The van der Waals surface area contributed by atoms with Gasteiger partial charge in [0.1, 0.15) is 5.82 Å². The molecule has 1 aromatic carbocycles. The molecule has 1 rings (SSSR count). The number of hydrogen-bond donors (Lipinski definition) is 1. The second-order valence-corrected chi connectivity index (χ2v) is 3.50. The van der Waals surface area contributed by atoms with Crippen molar-refractivity contribution in [2.75, 3.05) is 18.0 Å². The Bertz CT molecular complexity index is 286. The lowest BCUT2D eigenvalue weighted by atomic mass is 10.2. The predicted molar refractivity (Wildman–Crippen MR) is 57.9 cm³/mol. The molecule has 0 fully saturated rings. The zero-order valence-electron chi connectivity index (χ0n) is 8.70. The highest BCUT2D eigenvalue weighted by Gasteiger charge is 2.06. The van der Waals surface area contributed by atoms with Gasteiger partial charge in [0, 0.05) is 24.8 Å². The van der Waals surface area contributed by atoms with Crippen molar-refractivity contribution in [3.05, 3.63) is 30.1 Å². The maximum Gasteiger partial charge on any atom is 0.125 e. The summed E-state index contributed by atoms with van der Waals surface area (Å²) in [5, 5.41) is 0. The first-order valence-electron chi connectivity index (χ1n) is 4.89. The number of nitrogens with two attached hydrogens (primary N) is 1. The van der Waals surface area contributed by atoms with Crippen LogP contribution in [0.15, 0.2) is 24.3 Å². The Morgan fingerprint density at radius 1 is 1.50 bits per heavy atom. The number of anilines is 1. The van der Waals surface area contributed by atoms with Crippen LogP contribution in [0.2, 0.25) is 0 Å². The fraction of sp³-hybridized carbons (Fsp3) is 0.455. The highest BCUT2D eigenvalue weighted by molar-refractivity contribution is 5.46. The van der Waals surface area contributed by atoms with Crippen LogP contribution in [-0.4, -0.2) is 19.1 Å². The quantitative estimate of drug-likeness (QED) is 0.798. The normalized spacial score (nSPS) is 12.6. The van der Waals surface area contributed by atoms with Crippen LogP contribution < -0.4 is 10.6 Å². The number of likely N-dealkylation sites (N-methyl/N-ethyl adjacent to an activating group) is 1. The Balaban J connectivity index is 2.78. The molecule has 1 unspecified atom stereocenters. The van der Waals surface area contributed by atoms with E-state index in [1.807, 2.05) is 19.9 Å². The summed E-state index contributed by atoms with van der Waals surface area (Å²) in [7, 11) is 0. The molecule has 78 valence electrons. The molecule has 0 amide bonds. The van der Waals surface area contributed by atoms with Gasteiger partial charge in [0.05, 0.1) is 0 Å². The van der Waals surface area contributed by atoms with E-state index in [1.165, 1.54) is 12.1 Å². The van der Waals surface area contributed by atoms with E-state index in [-0.39, 0.29) is 11.9 Å². The zero-order chi connectivity index (χ0) is 10.6. The Morgan fingerprint density at radius 2 is 2.21 bits per heavy atom. The van der Waals surface area contributed by atoms with Gasteiger partial charge in [0.25, 0.3) is 0 Å². The van der Waals surface area contributed by atoms with Crippen LogP contribution in [0.5, 0.6) is 0 Å². The van der Waals surface area contributed by atoms with Crippen LogP contribution in [-0.2, 0) is 0 Å². The van der Waals surface area contributed by atoms with Crippen LogP contribution >= 0.6 is 0 Å². The molecule has 3 heteroatoms. The summed E-state index contributed by atoms with van der Waals surface area (Å²) in [6.45, 7) is 5.57. The van der Waals surface area contributed by atoms with Gasteiger partial charge in [-0.25, -0.2) is 4.39 Å². The van der Waals surface area contributed by atoms with Gasteiger partial charge in [0.15, 0.2) is 0 Å². The molecule has 0 spiro atoms. The molecular weight excluding hydrogens is 179 g/mol. The molecule has 0 aliphatic rings. The van der Waals surface area contributed by atoms with Crippen LogP contribution in [0.4, 0.5) is 10.1 Å². The molecule has 0 heterocycles. The Morgan fingerprint density at radius 3 is 2.71 bits per heavy atom. The van der Waals surface area contributed by atoms with Crippen LogP contribution in [0.25, 0.3) is 0 Å². The first kappa shape index (κ1) is 11.0. The van der Waals surface area contributed by atoms with E-state index >= 15 is 0 Å². The topological polar surface area (TPSA) is 29.3 Å². The average molecular weight is 196 g/mol. The van der Waals surface area contributed by atoms with Crippen molar-refractivity contribution in [3.8, 4) is 0 Å². The third-order valence-electron chi connectivity index (χ3n) is 2.06. The standard InChI is InChI=1S/C11H17FN2/c1-3-14(8-9(2)13)11-6-4-5-10(12)7-11/h4-7,9H,3,8,13H2,1-2H3. The molecular formula is C11H17FN2. The number of halogens is 1. The van der Waals surface area contributed by atoms with Crippen LogP contribution in [0.1, 0.15) is 13.8 Å². The molecule has 0 aliphatic carbocycles.